The van der Waals surface area contributed by atoms with E-state index in [-0.39, 0.29) is 18.2 Å². The summed E-state index contributed by atoms with van der Waals surface area (Å²) >= 11 is 0. The van der Waals surface area contributed by atoms with E-state index in [1.54, 1.807) is 0 Å². The maximum atomic E-state index is 12.1. The number of likely N-dealkylation sites (tertiary alicyclic amines) is 1. The highest BCUT2D eigenvalue weighted by molar-refractivity contribution is 5.88. The van der Waals surface area contributed by atoms with Crippen LogP contribution in [0.3, 0.4) is 0 Å². The number of rotatable bonds is 6. The highest BCUT2D eigenvalue weighted by Gasteiger charge is 2.51. The molecule has 0 radical (unpaired) electrons. The molecule has 0 bridgehead atoms. The fourth-order valence-corrected chi connectivity index (χ4v) is 3.95. The molecule has 2 aliphatic heterocycles. The fraction of sp³-hybridized carbons (Fsp3) is 0.526. The van der Waals surface area contributed by atoms with Crippen molar-refractivity contribution >= 4 is 17.8 Å². The Balaban J connectivity index is 1.43. The zero-order chi connectivity index (χ0) is 18.6. The molecule has 3 N–H and O–H groups in total. The van der Waals surface area contributed by atoms with Crippen molar-refractivity contribution in [1.29, 1.82) is 0 Å². The highest BCUT2D eigenvalue weighted by Crippen LogP contribution is 2.36. The Morgan fingerprint density at radius 1 is 1.23 bits per heavy atom. The van der Waals surface area contributed by atoms with Crippen LogP contribution >= 0.6 is 0 Å². The van der Waals surface area contributed by atoms with Gasteiger partial charge in [-0.25, -0.2) is 0 Å². The minimum atomic E-state index is -0.921. The SMILES string of the molecule is O=C(CN1CCC2(CC1)NC(=O)CC2C(=O)O)NCCc1ccccc1. The summed E-state index contributed by atoms with van der Waals surface area (Å²) in [6.45, 7) is 2.11. The number of carboxylic acids is 1. The first kappa shape index (κ1) is 18.4. The van der Waals surface area contributed by atoms with E-state index >= 15 is 0 Å². The highest BCUT2D eigenvalue weighted by atomic mass is 16.4. The van der Waals surface area contributed by atoms with Crippen molar-refractivity contribution in [2.75, 3.05) is 26.2 Å². The summed E-state index contributed by atoms with van der Waals surface area (Å²) < 4.78 is 0. The maximum absolute atomic E-state index is 12.1. The molecule has 0 aliphatic carbocycles. The number of nitrogens with one attached hydrogen (secondary N) is 2. The van der Waals surface area contributed by atoms with Crippen molar-refractivity contribution in [2.24, 2.45) is 5.92 Å². The monoisotopic (exact) mass is 359 g/mol. The van der Waals surface area contributed by atoms with Gasteiger partial charge in [-0.2, -0.15) is 0 Å². The van der Waals surface area contributed by atoms with E-state index < -0.39 is 17.4 Å². The Bertz CT molecular complexity index is 669. The van der Waals surface area contributed by atoms with E-state index in [9.17, 15) is 19.5 Å². The number of amides is 2. The smallest absolute Gasteiger partial charge is 0.309 e. The van der Waals surface area contributed by atoms with Crippen LogP contribution in [0.1, 0.15) is 24.8 Å². The van der Waals surface area contributed by atoms with Crippen LogP contribution in [0.5, 0.6) is 0 Å². The molecule has 2 heterocycles. The first-order valence-corrected chi connectivity index (χ1v) is 9.05. The number of hydrogen-bond acceptors (Lipinski definition) is 4. The second-order valence-electron chi connectivity index (χ2n) is 7.16. The minimum absolute atomic E-state index is 0.0258. The zero-order valence-electron chi connectivity index (χ0n) is 14.7. The van der Waals surface area contributed by atoms with E-state index in [2.05, 4.69) is 10.6 Å². The van der Waals surface area contributed by atoms with Crippen molar-refractivity contribution in [3.63, 3.8) is 0 Å². The average Bonchev–Trinajstić information content (AvgIpc) is 2.94. The second-order valence-corrected chi connectivity index (χ2v) is 7.16. The molecule has 2 amide bonds. The predicted molar refractivity (Wildman–Crippen MR) is 95.4 cm³/mol. The maximum Gasteiger partial charge on any atom is 0.309 e. The van der Waals surface area contributed by atoms with Gasteiger partial charge in [0.05, 0.1) is 18.0 Å². The third-order valence-corrected chi connectivity index (χ3v) is 5.44. The summed E-state index contributed by atoms with van der Waals surface area (Å²) in [6.07, 6.45) is 1.97. The van der Waals surface area contributed by atoms with Crippen molar-refractivity contribution in [3.8, 4) is 0 Å². The molecule has 0 aromatic heterocycles. The summed E-state index contributed by atoms with van der Waals surface area (Å²) in [5.74, 6) is -1.81. The summed E-state index contributed by atoms with van der Waals surface area (Å²) in [4.78, 5) is 37.3. The molecule has 7 heteroatoms. The number of benzene rings is 1. The van der Waals surface area contributed by atoms with E-state index in [0.29, 0.717) is 39.0 Å². The number of aliphatic carboxylic acids is 1. The molecular weight excluding hydrogens is 334 g/mol. The standard InChI is InChI=1S/C19H25N3O4/c23-16-12-15(18(25)26)19(21-16)7-10-22(11-8-19)13-17(24)20-9-6-14-4-2-1-3-5-14/h1-5,15H,6-13H2,(H,20,24)(H,21,23)(H,25,26). The molecule has 2 saturated heterocycles. The molecule has 1 aromatic rings. The number of hydrogen-bond donors (Lipinski definition) is 3. The van der Waals surface area contributed by atoms with Crippen molar-refractivity contribution < 1.29 is 19.5 Å². The summed E-state index contributed by atoms with van der Waals surface area (Å²) in [5.41, 5.74) is 0.535. The van der Waals surface area contributed by atoms with E-state index in [1.165, 1.54) is 5.56 Å². The number of carboxylic acid groups (broad SMARTS) is 1. The van der Waals surface area contributed by atoms with Crippen LogP contribution in [0.2, 0.25) is 0 Å². The zero-order valence-corrected chi connectivity index (χ0v) is 14.7. The molecule has 1 unspecified atom stereocenters. The Morgan fingerprint density at radius 2 is 1.92 bits per heavy atom. The van der Waals surface area contributed by atoms with Gasteiger partial charge in [0, 0.05) is 26.1 Å². The topological polar surface area (TPSA) is 98.7 Å². The third-order valence-electron chi connectivity index (χ3n) is 5.44. The lowest BCUT2D eigenvalue weighted by Crippen LogP contribution is -2.56. The van der Waals surface area contributed by atoms with Crippen LogP contribution in [0.25, 0.3) is 0 Å². The average molecular weight is 359 g/mol. The van der Waals surface area contributed by atoms with Crippen LogP contribution in [0.15, 0.2) is 30.3 Å². The summed E-state index contributed by atoms with van der Waals surface area (Å²) in [5, 5.41) is 15.2. The predicted octanol–water partition coefficient (Wildman–Crippen LogP) is 0.401. The van der Waals surface area contributed by atoms with Gasteiger partial charge in [-0.05, 0) is 24.8 Å². The largest absolute Gasteiger partial charge is 0.481 e. The lowest BCUT2D eigenvalue weighted by atomic mass is 9.78. The van der Waals surface area contributed by atoms with Gasteiger partial charge < -0.3 is 15.7 Å². The van der Waals surface area contributed by atoms with E-state index in [1.807, 2.05) is 35.2 Å². The van der Waals surface area contributed by atoms with Crippen LogP contribution in [0.4, 0.5) is 0 Å². The number of piperidine rings is 1. The summed E-state index contributed by atoms with van der Waals surface area (Å²) in [6, 6.07) is 9.99. The number of carbonyl (C=O) groups is 3. The Morgan fingerprint density at radius 3 is 2.58 bits per heavy atom. The van der Waals surface area contributed by atoms with Gasteiger partial charge in [0.25, 0.3) is 0 Å². The second kappa shape index (κ2) is 7.86. The van der Waals surface area contributed by atoms with Gasteiger partial charge in [0.15, 0.2) is 0 Å². The van der Waals surface area contributed by atoms with Crippen molar-refractivity contribution in [3.05, 3.63) is 35.9 Å². The molecule has 1 aromatic carbocycles. The molecule has 26 heavy (non-hydrogen) atoms. The number of nitrogens with zero attached hydrogens (tertiary/aromatic N) is 1. The van der Waals surface area contributed by atoms with Crippen LogP contribution in [0, 0.1) is 5.92 Å². The third kappa shape index (κ3) is 4.22. The number of carbonyl (C=O) groups excluding carboxylic acids is 2. The van der Waals surface area contributed by atoms with Crippen LogP contribution < -0.4 is 10.6 Å². The molecule has 2 fully saturated rings. The molecule has 3 rings (SSSR count). The van der Waals surface area contributed by atoms with Crippen molar-refractivity contribution in [1.82, 2.24) is 15.5 Å². The first-order chi connectivity index (χ1) is 12.5. The van der Waals surface area contributed by atoms with Gasteiger partial charge in [0.2, 0.25) is 11.8 Å². The van der Waals surface area contributed by atoms with Gasteiger partial charge in [-0.1, -0.05) is 30.3 Å². The Hall–Kier alpha value is -2.41. The van der Waals surface area contributed by atoms with Gasteiger partial charge >= 0.3 is 5.97 Å². The quantitative estimate of drug-likeness (QED) is 0.683. The minimum Gasteiger partial charge on any atom is -0.481 e. The molecule has 1 atom stereocenters. The Kier molecular flexibility index (Phi) is 5.56. The lowest BCUT2D eigenvalue weighted by molar-refractivity contribution is -0.144. The summed E-state index contributed by atoms with van der Waals surface area (Å²) in [7, 11) is 0. The fourth-order valence-electron chi connectivity index (χ4n) is 3.95. The van der Waals surface area contributed by atoms with Gasteiger partial charge in [-0.15, -0.1) is 0 Å². The van der Waals surface area contributed by atoms with Crippen LogP contribution in [-0.4, -0.2) is 59.5 Å². The van der Waals surface area contributed by atoms with Gasteiger partial charge in [0.1, 0.15) is 0 Å². The van der Waals surface area contributed by atoms with E-state index in [0.717, 1.165) is 6.42 Å². The first-order valence-electron chi connectivity index (χ1n) is 9.05. The van der Waals surface area contributed by atoms with E-state index in [4.69, 9.17) is 0 Å². The molecule has 0 saturated carbocycles. The molecule has 140 valence electrons. The molecule has 7 nitrogen and oxygen atoms in total. The van der Waals surface area contributed by atoms with Crippen molar-refractivity contribution in [2.45, 2.75) is 31.2 Å². The normalized spacial score (nSPS) is 22.2. The Labute approximate surface area is 152 Å². The molecule has 2 aliphatic rings. The lowest BCUT2D eigenvalue weighted by Gasteiger charge is -2.41. The van der Waals surface area contributed by atoms with Crippen LogP contribution in [-0.2, 0) is 20.8 Å². The molecular formula is C19H25N3O4. The van der Waals surface area contributed by atoms with Gasteiger partial charge in [-0.3, -0.25) is 19.3 Å². The molecule has 1 spiro atoms.